The Kier molecular flexibility index (Phi) is 4.28. The van der Waals surface area contributed by atoms with E-state index in [0.717, 1.165) is 23.4 Å². The van der Waals surface area contributed by atoms with Gasteiger partial charge in [-0.3, -0.25) is 9.59 Å². The highest BCUT2D eigenvalue weighted by molar-refractivity contribution is 8.03. The van der Waals surface area contributed by atoms with Crippen LogP contribution in [-0.4, -0.2) is 5.11 Å². The molecule has 1 aliphatic heterocycles. The van der Waals surface area contributed by atoms with Crippen molar-refractivity contribution in [3.8, 4) is 5.75 Å². The molecule has 0 amide bonds. The van der Waals surface area contributed by atoms with E-state index in [2.05, 4.69) is 0 Å². The van der Waals surface area contributed by atoms with Gasteiger partial charge in [0.25, 0.3) is 0 Å². The fourth-order valence-electron chi connectivity index (χ4n) is 4.19. The second-order valence-electron chi connectivity index (χ2n) is 7.39. The maximum absolute atomic E-state index is 13.7. The Morgan fingerprint density at radius 1 is 0.677 bits per heavy atom. The third kappa shape index (κ3) is 2.86. The van der Waals surface area contributed by atoms with Gasteiger partial charge in [-0.15, -0.1) is 22.7 Å². The van der Waals surface area contributed by atoms with Crippen LogP contribution < -0.4 is 10.9 Å². The fourth-order valence-corrected chi connectivity index (χ4v) is 8.40. The van der Waals surface area contributed by atoms with Crippen molar-refractivity contribution in [2.45, 2.75) is 14.3 Å². The predicted octanol–water partition coefficient (Wildman–Crippen LogP) is 6.19. The van der Waals surface area contributed by atoms with E-state index in [1.165, 1.54) is 11.8 Å². The van der Waals surface area contributed by atoms with Crippen LogP contribution in [0.2, 0.25) is 0 Å². The number of phenols is 1. The first-order chi connectivity index (χ1) is 15.1. The molecule has 0 saturated heterocycles. The SMILES string of the molecule is O=c1c2c(sc3ccccc13)Sc1sc3ccccc3c(=O)c1C2c1cccc(O)c1. The summed E-state index contributed by atoms with van der Waals surface area (Å²) in [6.07, 6.45) is 0. The van der Waals surface area contributed by atoms with Crippen molar-refractivity contribution in [1.29, 1.82) is 0 Å². The van der Waals surface area contributed by atoms with Crippen molar-refractivity contribution in [3.63, 3.8) is 0 Å². The molecule has 0 unspecified atom stereocenters. The molecule has 0 fully saturated rings. The molecule has 0 atom stereocenters. The molecule has 0 spiro atoms. The molecule has 0 aliphatic carbocycles. The Morgan fingerprint density at radius 2 is 1.23 bits per heavy atom. The summed E-state index contributed by atoms with van der Waals surface area (Å²) in [4.78, 5) is 27.3. The van der Waals surface area contributed by atoms with Crippen LogP contribution in [0, 0.1) is 0 Å². The normalized spacial score (nSPS) is 13.3. The van der Waals surface area contributed by atoms with Crippen molar-refractivity contribution in [3.05, 3.63) is 110 Å². The summed E-state index contributed by atoms with van der Waals surface area (Å²) in [5.41, 5.74) is 1.92. The first kappa shape index (κ1) is 18.8. The van der Waals surface area contributed by atoms with Gasteiger partial charge in [0.05, 0.1) is 8.42 Å². The molecule has 31 heavy (non-hydrogen) atoms. The van der Waals surface area contributed by atoms with Gasteiger partial charge in [-0.2, -0.15) is 0 Å². The summed E-state index contributed by atoms with van der Waals surface area (Å²) in [5, 5.41) is 11.5. The largest absolute Gasteiger partial charge is 0.508 e. The van der Waals surface area contributed by atoms with Crippen molar-refractivity contribution in [2.75, 3.05) is 0 Å². The number of hydrogen-bond acceptors (Lipinski definition) is 6. The van der Waals surface area contributed by atoms with E-state index in [-0.39, 0.29) is 16.6 Å². The standard InChI is InChI=1S/C25H14O3S3/c26-14-7-5-6-13(12-14)19-20-22(27)15-8-1-3-10-17(15)29-24(20)31-25-21(19)23(28)16-9-2-4-11-18(16)30-25/h1-12,19,26H. The third-order valence-corrected chi connectivity index (χ3v) is 9.34. The Balaban J connectivity index is 1.77. The zero-order valence-corrected chi connectivity index (χ0v) is 18.4. The lowest BCUT2D eigenvalue weighted by Crippen LogP contribution is -2.25. The minimum atomic E-state index is -0.514. The molecule has 2 aromatic heterocycles. The van der Waals surface area contributed by atoms with Gasteiger partial charge in [0, 0.05) is 37.2 Å². The van der Waals surface area contributed by atoms with Crippen molar-refractivity contribution < 1.29 is 5.11 Å². The summed E-state index contributed by atoms with van der Waals surface area (Å²) in [6, 6.07) is 22.1. The van der Waals surface area contributed by atoms with Crippen molar-refractivity contribution >= 4 is 54.6 Å². The highest BCUT2D eigenvalue weighted by Gasteiger charge is 2.35. The Morgan fingerprint density at radius 3 is 1.77 bits per heavy atom. The van der Waals surface area contributed by atoms with Gasteiger partial charge in [0.15, 0.2) is 10.9 Å². The average molecular weight is 459 g/mol. The lowest BCUT2D eigenvalue weighted by molar-refractivity contribution is 0.474. The van der Waals surface area contributed by atoms with E-state index < -0.39 is 5.92 Å². The maximum atomic E-state index is 13.7. The molecule has 1 aliphatic rings. The van der Waals surface area contributed by atoms with Crippen LogP contribution in [-0.2, 0) is 0 Å². The lowest BCUT2D eigenvalue weighted by atomic mass is 9.86. The smallest absolute Gasteiger partial charge is 0.193 e. The van der Waals surface area contributed by atoms with Gasteiger partial charge in [-0.25, -0.2) is 0 Å². The van der Waals surface area contributed by atoms with E-state index in [1.54, 1.807) is 40.9 Å². The van der Waals surface area contributed by atoms with Crippen LogP contribution >= 0.6 is 34.4 Å². The fraction of sp³-hybridized carbons (Fsp3) is 0.0400. The Bertz CT molecular complexity index is 1530. The predicted molar refractivity (Wildman–Crippen MR) is 129 cm³/mol. The number of fused-ring (bicyclic) bond motifs is 4. The maximum Gasteiger partial charge on any atom is 0.193 e. The van der Waals surface area contributed by atoms with Crippen molar-refractivity contribution in [2.24, 2.45) is 0 Å². The molecular formula is C25H14O3S3. The van der Waals surface area contributed by atoms with E-state index in [9.17, 15) is 14.7 Å². The van der Waals surface area contributed by atoms with E-state index >= 15 is 0 Å². The molecule has 6 rings (SSSR count). The number of rotatable bonds is 1. The molecule has 3 aromatic carbocycles. The molecule has 1 N–H and O–H groups in total. The van der Waals surface area contributed by atoms with Gasteiger partial charge in [0.2, 0.25) is 0 Å². The van der Waals surface area contributed by atoms with Gasteiger partial charge < -0.3 is 5.11 Å². The summed E-state index contributed by atoms with van der Waals surface area (Å²) in [5.74, 6) is -0.396. The highest BCUT2D eigenvalue weighted by Crippen LogP contribution is 2.51. The van der Waals surface area contributed by atoms with E-state index in [4.69, 9.17) is 0 Å². The molecule has 0 saturated carbocycles. The molecule has 0 bridgehead atoms. The highest BCUT2D eigenvalue weighted by atomic mass is 32.2. The van der Waals surface area contributed by atoms with Crippen molar-refractivity contribution in [1.82, 2.24) is 0 Å². The molecule has 150 valence electrons. The van der Waals surface area contributed by atoms with Gasteiger partial charge in [-0.1, -0.05) is 48.2 Å². The van der Waals surface area contributed by atoms with Crippen LogP contribution in [0.4, 0.5) is 0 Å². The number of hydrogen-bond donors (Lipinski definition) is 1. The second-order valence-corrected chi connectivity index (χ2v) is 11.0. The first-order valence-electron chi connectivity index (χ1n) is 9.70. The average Bonchev–Trinajstić information content (AvgIpc) is 2.78. The number of benzene rings is 3. The summed E-state index contributed by atoms with van der Waals surface area (Å²) < 4.78 is 3.70. The molecule has 3 heterocycles. The minimum absolute atomic E-state index is 0.0478. The molecule has 6 heteroatoms. The molecule has 3 nitrogen and oxygen atoms in total. The molecular weight excluding hydrogens is 444 g/mol. The zero-order chi connectivity index (χ0) is 21.1. The van der Waals surface area contributed by atoms with Gasteiger partial charge in [0.1, 0.15) is 5.75 Å². The number of aromatic hydroxyl groups is 1. The topological polar surface area (TPSA) is 54.4 Å². The molecule has 0 radical (unpaired) electrons. The van der Waals surface area contributed by atoms with Crippen LogP contribution in [0.25, 0.3) is 20.2 Å². The summed E-state index contributed by atoms with van der Waals surface area (Å²) >= 11 is 4.69. The molecule has 5 aromatic rings. The Labute approximate surface area is 189 Å². The lowest BCUT2D eigenvalue weighted by Gasteiger charge is -2.27. The first-order valence-corrected chi connectivity index (χ1v) is 12.1. The number of phenolic OH excluding ortho intramolecular Hbond substituents is 1. The second kappa shape index (κ2) is 7.05. The zero-order valence-electron chi connectivity index (χ0n) is 16.0. The van der Waals surface area contributed by atoms with Crippen LogP contribution in [0.3, 0.4) is 0 Å². The Hall–Kier alpha value is -2.93. The summed E-state index contributed by atoms with van der Waals surface area (Å²) in [7, 11) is 0. The van der Waals surface area contributed by atoms with Crippen LogP contribution in [0.1, 0.15) is 22.6 Å². The minimum Gasteiger partial charge on any atom is -0.508 e. The quantitative estimate of drug-likeness (QED) is 0.319. The van der Waals surface area contributed by atoms with E-state index in [0.29, 0.717) is 21.9 Å². The van der Waals surface area contributed by atoms with Gasteiger partial charge >= 0.3 is 0 Å². The summed E-state index contributed by atoms with van der Waals surface area (Å²) in [6.45, 7) is 0. The van der Waals surface area contributed by atoms with Gasteiger partial charge in [-0.05, 0) is 42.0 Å². The van der Waals surface area contributed by atoms with Crippen LogP contribution in [0.5, 0.6) is 5.75 Å². The monoisotopic (exact) mass is 458 g/mol. The van der Waals surface area contributed by atoms with Crippen LogP contribution in [0.15, 0.2) is 90.8 Å². The third-order valence-electron chi connectivity index (χ3n) is 5.56. The van der Waals surface area contributed by atoms with E-state index in [1.807, 2.05) is 54.6 Å².